The van der Waals surface area contributed by atoms with Crippen LogP contribution in [0.1, 0.15) is 40.7 Å². The van der Waals surface area contributed by atoms with Crippen LogP contribution in [0.25, 0.3) is 11.0 Å². The van der Waals surface area contributed by atoms with E-state index in [1.807, 2.05) is 67.6 Å². The lowest BCUT2D eigenvalue weighted by atomic mass is 9.96. The van der Waals surface area contributed by atoms with Crippen LogP contribution in [0.15, 0.2) is 72.8 Å². The minimum absolute atomic E-state index is 0.0703. The molecule has 0 bridgehead atoms. The number of aromatic nitrogens is 2. The number of aromatic amines is 1. The van der Waals surface area contributed by atoms with Crippen molar-refractivity contribution in [1.29, 1.82) is 0 Å². The zero-order valence-electron chi connectivity index (χ0n) is 17.6. The molecule has 0 radical (unpaired) electrons. The first kappa shape index (κ1) is 21.1. The third kappa shape index (κ3) is 5.13. The molecule has 7 nitrogen and oxygen atoms in total. The van der Waals surface area contributed by atoms with Crippen molar-refractivity contribution in [2.45, 2.75) is 25.8 Å². The minimum atomic E-state index is -0.827. The van der Waals surface area contributed by atoms with Crippen molar-refractivity contribution in [3.63, 3.8) is 0 Å². The molecule has 0 saturated heterocycles. The van der Waals surface area contributed by atoms with Crippen molar-refractivity contribution in [2.24, 2.45) is 0 Å². The number of hydrogen-bond acceptors (Lipinski definition) is 4. The van der Waals surface area contributed by atoms with Gasteiger partial charge in [0.2, 0.25) is 5.95 Å². The Labute approximate surface area is 185 Å². The number of rotatable bonds is 8. The van der Waals surface area contributed by atoms with Gasteiger partial charge < -0.3 is 20.7 Å². The van der Waals surface area contributed by atoms with Gasteiger partial charge in [0.1, 0.15) is 0 Å². The molecule has 0 spiro atoms. The van der Waals surface area contributed by atoms with Gasteiger partial charge in [0.05, 0.1) is 17.5 Å². The maximum atomic E-state index is 12.7. The average Bonchev–Trinajstić information content (AvgIpc) is 3.19. The van der Waals surface area contributed by atoms with Crippen molar-refractivity contribution in [1.82, 2.24) is 15.3 Å². The second-order valence-corrected chi connectivity index (χ2v) is 7.73. The molecule has 4 aromatic rings. The Balaban J connectivity index is 1.40. The lowest BCUT2D eigenvalue weighted by Crippen LogP contribution is -2.22. The normalized spacial score (nSPS) is 11.8. The van der Waals surface area contributed by atoms with E-state index < -0.39 is 5.97 Å². The number of hydrogen-bond donors (Lipinski definition) is 4. The molecule has 0 fully saturated rings. The van der Waals surface area contributed by atoms with Crippen LogP contribution in [0.5, 0.6) is 0 Å². The summed E-state index contributed by atoms with van der Waals surface area (Å²) in [6.45, 7) is 2.24. The molecule has 1 unspecified atom stereocenters. The molecule has 1 atom stereocenters. The van der Waals surface area contributed by atoms with Crippen LogP contribution in [-0.4, -0.2) is 27.0 Å². The van der Waals surface area contributed by atoms with E-state index in [0.717, 1.165) is 27.8 Å². The van der Waals surface area contributed by atoms with Gasteiger partial charge in [0, 0.05) is 17.8 Å². The number of anilines is 2. The summed E-state index contributed by atoms with van der Waals surface area (Å²) in [7, 11) is 0. The van der Waals surface area contributed by atoms with Crippen molar-refractivity contribution in [3.05, 3.63) is 89.5 Å². The number of nitrogens with one attached hydrogen (secondary N) is 3. The predicted octanol–water partition coefficient (Wildman–Crippen LogP) is 4.81. The number of para-hydroxylation sites is 2. The number of H-pyrrole nitrogens is 1. The molecule has 0 aliphatic heterocycles. The van der Waals surface area contributed by atoms with Gasteiger partial charge in [-0.2, -0.15) is 0 Å². The Bertz CT molecular complexity index is 1230. The van der Waals surface area contributed by atoms with Crippen molar-refractivity contribution in [2.75, 3.05) is 5.32 Å². The fraction of sp³-hybridized carbons (Fsp3) is 0.160. The number of nitrogens with zero attached hydrogens (tertiary/aromatic N) is 1. The van der Waals surface area contributed by atoms with E-state index in [2.05, 4.69) is 20.6 Å². The molecule has 0 saturated carbocycles. The molecule has 0 aliphatic rings. The van der Waals surface area contributed by atoms with Gasteiger partial charge in [-0.15, -0.1) is 0 Å². The summed E-state index contributed by atoms with van der Waals surface area (Å²) in [6, 6.07) is 22.6. The van der Waals surface area contributed by atoms with Gasteiger partial charge in [-0.05, 0) is 47.4 Å². The maximum absolute atomic E-state index is 12.7. The number of carboxylic acid groups (broad SMARTS) is 1. The van der Waals surface area contributed by atoms with E-state index in [9.17, 15) is 9.59 Å². The first-order valence-electron chi connectivity index (χ1n) is 10.4. The van der Waals surface area contributed by atoms with Crippen LogP contribution < -0.4 is 10.6 Å². The molecule has 32 heavy (non-hydrogen) atoms. The van der Waals surface area contributed by atoms with E-state index in [0.29, 0.717) is 18.1 Å². The van der Waals surface area contributed by atoms with E-state index in [4.69, 9.17) is 5.11 Å². The van der Waals surface area contributed by atoms with Crippen LogP contribution >= 0.6 is 0 Å². The zero-order valence-corrected chi connectivity index (χ0v) is 17.6. The highest BCUT2D eigenvalue weighted by Gasteiger charge is 2.12. The molecule has 1 amide bonds. The summed E-state index contributed by atoms with van der Waals surface area (Å²) in [4.78, 5) is 31.3. The number of carbonyl (C=O) groups is 2. The number of amides is 1. The Hall–Kier alpha value is -4.13. The molecule has 4 N–H and O–H groups in total. The Morgan fingerprint density at radius 2 is 1.84 bits per heavy atom. The smallest absolute Gasteiger partial charge is 0.303 e. The molecule has 1 aromatic heterocycles. The summed E-state index contributed by atoms with van der Waals surface area (Å²) in [5.41, 5.74) is 4.94. The second-order valence-electron chi connectivity index (χ2n) is 7.73. The number of aliphatic carboxylic acids is 1. The van der Waals surface area contributed by atoms with Gasteiger partial charge in [0.25, 0.3) is 5.91 Å². The third-order valence-electron chi connectivity index (χ3n) is 5.23. The van der Waals surface area contributed by atoms with Gasteiger partial charge >= 0.3 is 5.97 Å². The lowest BCUT2D eigenvalue weighted by molar-refractivity contribution is -0.137. The number of imidazole rings is 1. The second kappa shape index (κ2) is 9.34. The molecule has 162 valence electrons. The van der Waals surface area contributed by atoms with E-state index >= 15 is 0 Å². The highest BCUT2D eigenvalue weighted by atomic mass is 16.4. The van der Waals surface area contributed by atoms with Gasteiger partial charge in [-0.25, -0.2) is 4.98 Å². The molecular formula is C25H24N4O3. The monoisotopic (exact) mass is 428 g/mol. The Kier molecular flexibility index (Phi) is 6.17. The van der Waals surface area contributed by atoms with Crippen molar-refractivity contribution in [3.8, 4) is 0 Å². The van der Waals surface area contributed by atoms with Crippen LogP contribution in [0, 0.1) is 0 Å². The fourth-order valence-corrected chi connectivity index (χ4v) is 3.56. The van der Waals surface area contributed by atoms with Crippen LogP contribution in [0.3, 0.4) is 0 Å². The van der Waals surface area contributed by atoms with Crippen LogP contribution in [0.4, 0.5) is 11.6 Å². The van der Waals surface area contributed by atoms with Crippen LogP contribution in [0.2, 0.25) is 0 Å². The summed E-state index contributed by atoms with van der Waals surface area (Å²) >= 11 is 0. The zero-order chi connectivity index (χ0) is 22.5. The number of carboxylic acids is 1. The Morgan fingerprint density at radius 1 is 1.03 bits per heavy atom. The third-order valence-corrected chi connectivity index (χ3v) is 5.23. The maximum Gasteiger partial charge on any atom is 0.303 e. The molecule has 7 heteroatoms. The lowest BCUT2D eigenvalue weighted by Gasteiger charge is -2.12. The number of fused-ring (bicyclic) bond motifs is 1. The Morgan fingerprint density at radius 3 is 2.66 bits per heavy atom. The van der Waals surface area contributed by atoms with Crippen LogP contribution in [-0.2, 0) is 11.3 Å². The quantitative estimate of drug-likeness (QED) is 0.322. The topological polar surface area (TPSA) is 107 Å². The first-order chi connectivity index (χ1) is 15.5. The SMILES string of the molecule is CC(CC(=O)O)c1cccc(CNC(=O)c2cccc(Nc3nc4ccccc4[nH]3)c2)c1. The summed E-state index contributed by atoms with van der Waals surface area (Å²) in [5, 5.41) is 15.1. The minimum Gasteiger partial charge on any atom is -0.481 e. The summed E-state index contributed by atoms with van der Waals surface area (Å²) < 4.78 is 0. The summed E-state index contributed by atoms with van der Waals surface area (Å²) in [5.74, 6) is -0.505. The standard InChI is InChI=1S/C25H24N4O3/c1-16(12-23(30)31)18-7-4-6-17(13-18)15-26-24(32)19-8-5-9-20(14-19)27-25-28-21-10-2-3-11-22(21)29-25/h2-11,13-14,16H,12,15H2,1H3,(H,26,32)(H,30,31)(H2,27,28,29). The first-order valence-corrected chi connectivity index (χ1v) is 10.4. The molecule has 0 aliphatic carbocycles. The number of benzene rings is 3. The molecule has 3 aromatic carbocycles. The van der Waals surface area contributed by atoms with Gasteiger partial charge in [-0.1, -0.05) is 49.4 Å². The van der Waals surface area contributed by atoms with E-state index in [-0.39, 0.29) is 18.2 Å². The van der Waals surface area contributed by atoms with Crippen molar-refractivity contribution < 1.29 is 14.7 Å². The highest BCUT2D eigenvalue weighted by molar-refractivity contribution is 5.95. The predicted molar refractivity (Wildman–Crippen MR) is 124 cm³/mol. The molecule has 4 rings (SSSR count). The highest BCUT2D eigenvalue weighted by Crippen LogP contribution is 2.21. The van der Waals surface area contributed by atoms with E-state index in [1.54, 1.807) is 12.1 Å². The largest absolute Gasteiger partial charge is 0.481 e. The number of carbonyl (C=O) groups excluding carboxylic acids is 1. The van der Waals surface area contributed by atoms with E-state index in [1.165, 1.54) is 0 Å². The summed E-state index contributed by atoms with van der Waals surface area (Å²) in [6.07, 6.45) is 0.0703. The van der Waals surface area contributed by atoms with Gasteiger partial charge in [-0.3, -0.25) is 9.59 Å². The fourth-order valence-electron chi connectivity index (χ4n) is 3.56. The molecule has 1 heterocycles. The van der Waals surface area contributed by atoms with Gasteiger partial charge in [0.15, 0.2) is 0 Å². The average molecular weight is 428 g/mol. The van der Waals surface area contributed by atoms with Crippen molar-refractivity contribution >= 4 is 34.5 Å². The molecular weight excluding hydrogens is 404 g/mol.